The normalized spacial score (nSPS) is 15.9. The third-order valence-electron chi connectivity index (χ3n) is 8.40. The number of carbonyl (C=O) groups excluding carboxylic acids is 2. The van der Waals surface area contributed by atoms with Crippen molar-refractivity contribution in [2.24, 2.45) is 0 Å². The molecule has 6 heterocycles. The molecule has 6 rings (SSSR count). The molecule has 0 spiro atoms. The molecule has 43 heavy (non-hydrogen) atoms. The summed E-state index contributed by atoms with van der Waals surface area (Å²) in [5.74, 6) is -1.84. The van der Waals surface area contributed by atoms with Gasteiger partial charge in [0.05, 0.1) is 23.4 Å². The minimum absolute atomic E-state index is 0.0410. The Morgan fingerprint density at radius 3 is 2.37 bits per heavy atom. The fourth-order valence-corrected chi connectivity index (χ4v) is 5.91. The van der Waals surface area contributed by atoms with Crippen molar-refractivity contribution in [1.82, 2.24) is 19.9 Å². The number of hydrogen-bond donors (Lipinski definition) is 3. The monoisotopic (exact) mass is 580 g/mol. The van der Waals surface area contributed by atoms with Gasteiger partial charge in [0.2, 0.25) is 0 Å². The van der Waals surface area contributed by atoms with Crippen molar-refractivity contribution in [3.63, 3.8) is 0 Å². The van der Waals surface area contributed by atoms with Gasteiger partial charge in [-0.15, -0.1) is 0 Å². The first-order valence-electron chi connectivity index (χ1n) is 14.5. The van der Waals surface area contributed by atoms with Crippen molar-refractivity contribution in [1.29, 1.82) is 0 Å². The molecule has 222 valence electrons. The maximum Gasteiger partial charge on any atom is 0.348 e. The molecular weight excluding hydrogens is 544 g/mol. The first kappa shape index (κ1) is 29.7. The molecule has 3 aliphatic rings. The average molecular weight is 581 g/mol. The number of carboxylic acids is 1. The van der Waals surface area contributed by atoms with Gasteiger partial charge >= 0.3 is 17.9 Å². The van der Waals surface area contributed by atoms with E-state index in [-0.39, 0.29) is 18.8 Å². The summed E-state index contributed by atoms with van der Waals surface area (Å²) in [6.45, 7) is 16.0. The smallest absolute Gasteiger partial charge is 0.348 e. The van der Waals surface area contributed by atoms with E-state index in [0.717, 1.165) is 56.6 Å². The summed E-state index contributed by atoms with van der Waals surface area (Å²) >= 11 is 0. The number of aryl methyl sites for hydroxylation is 3. The molecule has 1 unspecified atom stereocenters. The topological polar surface area (TPSA) is 138 Å². The lowest BCUT2D eigenvalue weighted by molar-refractivity contribution is -0.154. The number of carboxylic acid groups (broad SMARTS) is 1. The van der Waals surface area contributed by atoms with E-state index in [2.05, 4.69) is 56.4 Å². The van der Waals surface area contributed by atoms with Gasteiger partial charge < -0.3 is 19.8 Å². The number of hydrogen-bond acceptors (Lipinski definition) is 6. The van der Waals surface area contributed by atoms with Gasteiger partial charge in [0.15, 0.2) is 0 Å². The number of ether oxygens (including phenoxy) is 1. The van der Waals surface area contributed by atoms with Crippen LogP contribution in [-0.4, -0.2) is 43.0 Å². The van der Waals surface area contributed by atoms with Crippen LogP contribution in [0, 0.1) is 13.8 Å². The van der Waals surface area contributed by atoms with E-state index in [1.807, 2.05) is 19.1 Å². The first-order valence-corrected chi connectivity index (χ1v) is 14.5. The second-order valence-corrected chi connectivity index (χ2v) is 11.1. The molecule has 0 saturated carbocycles. The number of aromatic amines is 2. The molecule has 0 radical (unpaired) electrons. The quantitative estimate of drug-likeness (QED) is 0.237. The first-order chi connectivity index (χ1) is 20.5. The van der Waals surface area contributed by atoms with Gasteiger partial charge in [0.1, 0.15) is 0 Å². The Kier molecular flexibility index (Phi) is 7.92. The molecule has 0 saturated heterocycles. The minimum Gasteiger partial charge on any atom is -0.481 e. The summed E-state index contributed by atoms with van der Waals surface area (Å²) in [6.07, 6.45) is 3.55. The van der Waals surface area contributed by atoms with E-state index in [4.69, 9.17) is 19.8 Å². The van der Waals surface area contributed by atoms with Crippen LogP contribution in [0.5, 0.6) is 0 Å². The lowest BCUT2D eigenvalue weighted by atomic mass is 9.97. The fraction of sp³-hybridized carbons (Fsp3) is 0.324. The molecule has 0 aromatic carbocycles. The van der Waals surface area contributed by atoms with E-state index < -0.39 is 17.9 Å². The van der Waals surface area contributed by atoms with Crippen LogP contribution in [-0.2, 0) is 38.4 Å². The van der Waals surface area contributed by atoms with Gasteiger partial charge in [-0.1, -0.05) is 33.4 Å². The molecule has 0 aliphatic carbocycles. The van der Waals surface area contributed by atoms with E-state index >= 15 is 0 Å². The number of allylic oxidation sites excluding steroid dienone is 1. The maximum atomic E-state index is 13.0. The predicted molar refractivity (Wildman–Crippen MR) is 167 cm³/mol. The second kappa shape index (κ2) is 11.5. The van der Waals surface area contributed by atoms with Gasteiger partial charge in [0, 0.05) is 56.9 Å². The van der Waals surface area contributed by atoms with Gasteiger partial charge in [-0.05, 0) is 74.1 Å². The Hall–Kier alpha value is -4.79. The Balaban J connectivity index is 0.000000682. The number of esters is 2. The van der Waals surface area contributed by atoms with Gasteiger partial charge in [-0.2, -0.15) is 0 Å². The van der Waals surface area contributed by atoms with Crippen LogP contribution in [0.25, 0.3) is 39.3 Å². The molecule has 3 aliphatic heterocycles. The SMILES string of the molecule is C=Cc1c(C)c2cc3nc(c4c5nc(cc6[nH]c(cc1[nH]2)c(C)c6CC)C(C)=C5C(=O)OC(=O)C4)CC3C.CCC(=O)O. The highest BCUT2D eigenvalue weighted by atomic mass is 16.6. The van der Waals surface area contributed by atoms with Crippen LogP contribution < -0.4 is 0 Å². The van der Waals surface area contributed by atoms with Gasteiger partial charge in [-0.3, -0.25) is 14.6 Å². The largest absolute Gasteiger partial charge is 0.481 e. The molecule has 8 bridgehead atoms. The number of fused-ring (bicyclic) bond motifs is 8. The van der Waals surface area contributed by atoms with Crippen molar-refractivity contribution >= 4 is 57.2 Å². The Labute approximate surface area is 249 Å². The number of aromatic nitrogens is 4. The number of nitrogens with zero attached hydrogens (tertiary/aromatic N) is 2. The summed E-state index contributed by atoms with van der Waals surface area (Å²) in [5.41, 5.74) is 13.0. The molecule has 1 atom stereocenters. The Morgan fingerprint density at radius 1 is 1.05 bits per heavy atom. The van der Waals surface area contributed by atoms with Gasteiger partial charge in [-0.25, -0.2) is 9.78 Å². The molecule has 9 nitrogen and oxygen atoms in total. The van der Waals surface area contributed by atoms with Crippen LogP contribution in [0.1, 0.15) is 90.6 Å². The predicted octanol–water partition coefficient (Wildman–Crippen LogP) is 6.52. The summed E-state index contributed by atoms with van der Waals surface area (Å²) < 4.78 is 5.18. The van der Waals surface area contributed by atoms with Gasteiger partial charge in [0.25, 0.3) is 0 Å². The summed E-state index contributed by atoms with van der Waals surface area (Å²) in [6, 6.07) is 6.21. The molecule has 3 aromatic rings. The molecule has 3 aromatic heterocycles. The van der Waals surface area contributed by atoms with E-state index in [1.54, 1.807) is 6.92 Å². The zero-order chi connectivity index (χ0) is 31.2. The third kappa shape index (κ3) is 5.31. The van der Waals surface area contributed by atoms with Crippen LogP contribution in [0.2, 0.25) is 0 Å². The minimum atomic E-state index is -0.745. The Bertz CT molecular complexity index is 1910. The molecule has 9 heteroatoms. The lowest BCUT2D eigenvalue weighted by Crippen LogP contribution is -2.11. The lowest BCUT2D eigenvalue weighted by Gasteiger charge is -2.02. The number of cyclic esters (lactones) is 2. The number of aliphatic carboxylic acids is 1. The highest BCUT2D eigenvalue weighted by Gasteiger charge is 2.35. The average Bonchev–Trinajstić information content (AvgIpc) is 3.64. The zero-order valence-corrected chi connectivity index (χ0v) is 25.4. The van der Waals surface area contributed by atoms with Crippen molar-refractivity contribution in [2.75, 3.05) is 0 Å². The van der Waals surface area contributed by atoms with Crippen LogP contribution in [0.3, 0.4) is 0 Å². The van der Waals surface area contributed by atoms with Crippen molar-refractivity contribution in [2.45, 2.75) is 73.1 Å². The van der Waals surface area contributed by atoms with Crippen molar-refractivity contribution < 1.29 is 24.2 Å². The van der Waals surface area contributed by atoms with Crippen molar-refractivity contribution in [3.8, 4) is 0 Å². The zero-order valence-electron chi connectivity index (χ0n) is 25.4. The standard InChI is InChI=1S/C31H30N4O3.C3H6O2/c1-7-18-15(4)22-11-21-14(3)9-25(32-21)20-10-28(36)38-31(37)29-17(6)24(35-30(20)29)13-27-19(8-2)16(5)23(34-27)12-26(18)33-22;1-2-3(4)5/h7,11-14,33-34H,1,8-10H2,2-6H3;2H2,1H3,(H,4,5). The number of nitrogens with one attached hydrogen (secondary N) is 2. The van der Waals surface area contributed by atoms with E-state index in [9.17, 15) is 14.4 Å². The number of carbonyl (C=O) groups is 3. The third-order valence-corrected chi connectivity index (χ3v) is 8.40. The van der Waals surface area contributed by atoms with Crippen LogP contribution in [0.4, 0.5) is 0 Å². The fourth-order valence-electron chi connectivity index (χ4n) is 5.91. The Morgan fingerprint density at radius 2 is 1.72 bits per heavy atom. The summed E-state index contributed by atoms with van der Waals surface area (Å²) in [7, 11) is 0. The van der Waals surface area contributed by atoms with Crippen LogP contribution in [0.15, 0.2) is 24.8 Å². The van der Waals surface area contributed by atoms with Crippen LogP contribution >= 0.6 is 0 Å². The van der Waals surface area contributed by atoms with Crippen molar-refractivity contribution in [3.05, 3.63) is 75.4 Å². The van der Waals surface area contributed by atoms with E-state index in [1.165, 1.54) is 5.56 Å². The highest BCUT2D eigenvalue weighted by molar-refractivity contribution is 6.28. The number of H-pyrrole nitrogens is 2. The molecular formula is C34H36N4O5. The number of rotatable bonds is 3. The highest BCUT2D eigenvalue weighted by Crippen LogP contribution is 2.38. The summed E-state index contributed by atoms with van der Waals surface area (Å²) in [5, 5.41) is 7.72. The molecule has 0 fully saturated rings. The summed E-state index contributed by atoms with van der Waals surface area (Å²) in [4.78, 5) is 52.1. The second-order valence-electron chi connectivity index (χ2n) is 11.1. The maximum absolute atomic E-state index is 13.0. The van der Waals surface area contributed by atoms with E-state index in [0.29, 0.717) is 34.5 Å². The molecule has 0 amide bonds. The molecule has 3 N–H and O–H groups in total.